The second-order valence-corrected chi connectivity index (χ2v) is 8.51. The van der Waals surface area contributed by atoms with Gasteiger partial charge in [-0.2, -0.15) is 0 Å². The van der Waals surface area contributed by atoms with Gasteiger partial charge in [-0.1, -0.05) is 15.9 Å². The number of imide groups is 2. The van der Waals surface area contributed by atoms with Crippen molar-refractivity contribution in [3.8, 4) is 0 Å². The Morgan fingerprint density at radius 3 is 1.49 bits per heavy atom. The van der Waals surface area contributed by atoms with Gasteiger partial charge >= 0.3 is 0 Å². The van der Waals surface area contributed by atoms with E-state index in [9.17, 15) is 39.4 Å². The number of amides is 4. The first-order chi connectivity index (χ1) is 17.6. The summed E-state index contributed by atoms with van der Waals surface area (Å²) in [6, 6.07) is 8.36. The van der Waals surface area contributed by atoms with Crippen molar-refractivity contribution in [2.45, 2.75) is 37.6 Å². The van der Waals surface area contributed by atoms with Crippen LogP contribution < -0.4 is 9.80 Å². The van der Waals surface area contributed by atoms with Gasteiger partial charge in [-0.05, 0) is 24.3 Å². The van der Waals surface area contributed by atoms with E-state index < -0.39 is 9.85 Å². The maximum atomic E-state index is 11.6. The van der Waals surface area contributed by atoms with E-state index in [0.717, 1.165) is 9.80 Å². The van der Waals surface area contributed by atoms with Crippen LogP contribution in [-0.2, 0) is 35.9 Å². The Kier molecular flexibility index (Phi) is 8.78. The monoisotopic (exact) mass is 576 g/mol. The van der Waals surface area contributed by atoms with Gasteiger partial charge in [-0.3, -0.25) is 49.2 Å². The Morgan fingerprint density at radius 2 is 1.14 bits per heavy atom. The Morgan fingerprint density at radius 1 is 0.757 bits per heavy atom. The molecule has 13 nitrogen and oxygen atoms in total. The molecule has 2 saturated heterocycles. The summed E-state index contributed by atoms with van der Waals surface area (Å²) in [4.78, 5) is 69.1. The summed E-state index contributed by atoms with van der Waals surface area (Å²) in [7, 11) is 1.42. The van der Waals surface area contributed by atoms with Gasteiger partial charge in [0.05, 0.1) is 33.4 Å². The van der Waals surface area contributed by atoms with Gasteiger partial charge < -0.3 is 4.74 Å². The maximum Gasteiger partial charge on any atom is 0.275 e. The second kappa shape index (κ2) is 11.8. The lowest BCUT2D eigenvalue weighted by Crippen LogP contribution is -2.28. The lowest BCUT2D eigenvalue weighted by Gasteiger charge is -2.14. The molecule has 4 rings (SSSR count). The molecule has 194 valence electrons. The molecule has 2 fully saturated rings. The van der Waals surface area contributed by atoms with Gasteiger partial charge in [-0.25, -0.2) is 0 Å². The van der Waals surface area contributed by atoms with E-state index >= 15 is 0 Å². The molecule has 0 radical (unpaired) electrons. The van der Waals surface area contributed by atoms with Gasteiger partial charge in [0.15, 0.2) is 0 Å². The summed E-state index contributed by atoms with van der Waals surface area (Å²) in [5.41, 5.74) is 1.38. The number of halogens is 1. The van der Waals surface area contributed by atoms with Gasteiger partial charge in [0, 0.05) is 55.8 Å². The third-order valence-corrected chi connectivity index (χ3v) is 6.19. The first-order valence-corrected chi connectivity index (χ1v) is 12.0. The zero-order valence-corrected chi connectivity index (χ0v) is 21.1. The first kappa shape index (κ1) is 27.5. The van der Waals surface area contributed by atoms with Gasteiger partial charge in [-0.15, -0.1) is 0 Å². The lowest BCUT2D eigenvalue weighted by molar-refractivity contribution is -0.385. The highest BCUT2D eigenvalue weighted by Crippen LogP contribution is 2.30. The minimum atomic E-state index is -0.522. The smallest absolute Gasteiger partial charge is 0.275 e. The molecule has 0 N–H and O–H groups in total. The zero-order chi connectivity index (χ0) is 27.3. The van der Waals surface area contributed by atoms with Crippen molar-refractivity contribution in [2.24, 2.45) is 0 Å². The van der Waals surface area contributed by atoms with Crippen molar-refractivity contribution in [2.75, 3.05) is 16.9 Å². The quantitative estimate of drug-likeness (QED) is 0.207. The summed E-state index contributed by atoms with van der Waals surface area (Å²) in [6.07, 6.45) is 0.740. The average Bonchev–Trinajstić information content (AvgIpc) is 3.38. The van der Waals surface area contributed by atoms with Crippen molar-refractivity contribution in [1.29, 1.82) is 0 Å². The molecule has 2 aliphatic heterocycles. The fraction of sp³-hybridized carbons (Fsp3) is 0.304. The van der Waals surface area contributed by atoms with Gasteiger partial charge in [0.2, 0.25) is 23.6 Å². The molecule has 0 spiro atoms. The summed E-state index contributed by atoms with van der Waals surface area (Å²) < 4.78 is 4.90. The molecule has 0 aliphatic carbocycles. The third-order valence-electron chi connectivity index (χ3n) is 5.58. The third kappa shape index (κ3) is 6.03. The number of methoxy groups -OCH3 is 1. The molecule has 0 bridgehead atoms. The summed E-state index contributed by atoms with van der Waals surface area (Å²) in [5.74, 6) is -1.12. The van der Waals surface area contributed by atoms with Crippen LogP contribution in [0.25, 0.3) is 0 Å². The average molecular weight is 577 g/mol. The van der Waals surface area contributed by atoms with Crippen molar-refractivity contribution >= 4 is 62.3 Å². The highest BCUT2D eigenvalue weighted by Gasteiger charge is 2.32. The number of carbonyl (C=O) groups is 4. The van der Waals surface area contributed by atoms with Gasteiger partial charge in [0.1, 0.15) is 0 Å². The van der Waals surface area contributed by atoms with E-state index in [1.807, 2.05) is 0 Å². The topological polar surface area (TPSA) is 170 Å². The molecule has 2 aromatic carbocycles. The van der Waals surface area contributed by atoms with Crippen molar-refractivity contribution < 1.29 is 33.8 Å². The van der Waals surface area contributed by atoms with Crippen LogP contribution in [0.4, 0.5) is 22.7 Å². The fourth-order valence-corrected chi connectivity index (χ4v) is 4.33. The van der Waals surface area contributed by atoms with E-state index in [1.165, 1.54) is 43.5 Å². The van der Waals surface area contributed by atoms with Crippen LogP contribution in [0.1, 0.15) is 36.8 Å². The first-order valence-electron chi connectivity index (χ1n) is 10.9. The van der Waals surface area contributed by atoms with Crippen LogP contribution in [0.2, 0.25) is 0 Å². The number of hydrogen-bond donors (Lipinski definition) is 0. The Balaban J connectivity index is 0.000000206. The molecule has 2 aromatic rings. The molecule has 37 heavy (non-hydrogen) atoms. The molecular weight excluding hydrogens is 556 g/mol. The minimum absolute atomic E-state index is 0.0327. The van der Waals surface area contributed by atoms with Crippen LogP contribution in [0, 0.1) is 20.2 Å². The van der Waals surface area contributed by atoms with Crippen LogP contribution in [0.5, 0.6) is 0 Å². The molecule has 0 unspecified atom stereocenters. The predicted molar refractivity (Wildman–Crippen MR) is 133 cm³/mol. The number of anilines is 2. The predicted octanol–water partition coefficient (Wildman–Crippen LogP) is 3.54. The van der Waals surface area contributed by atoms with E-state index in [0.29, 0.717) is 22.5 Å². The number of nitro groups is 2. The number of ether oxygens (including phenoxy) is 1. The number of benzene rings is 2. The normalized spacial score (nSPS) is 15.2. The number of hydrogen-bond acceptors (Lipinski definition) is 9. The van der Waals surface area contributed by atoms with E-state index in [-0.39, 0.29) is 72.6 Å². The molecule has 14 heteroatoms. The largest absolute Gasteiger partial charge is 0.380 e. The Labute approximate surface area is 218 Å². The highest BCUT2D eigenvalue weighted by molar-refractivity contribution is 9.08. The number of carbonyl (C=O) groups excluding carboxylic acids is 4. The SMILES string of the molecule is COCc1cc(N2C(=O)CCC2=O)ccc1[N+](=O)[O-].O=C1CCC(=O)N1c1ccc([N+](=O)[O-])c(CBr)c1. The molecule has 0 atom stereocenters. The maximum absolute atomic E-state index is 11.6. The minimum Gasteiger partial charge on any atom is -0.380 e. The molecule has 0 aromatic heterocycles. The Bertz CT molecular complexity index is 1260. The van der Waals surface area contributed by atoms with Gasteiger partial charge in [0.25, 0.3) is 11.4 Å². The van der Waals surface area contributed by atoms with E-state index in [2.05, 4.69) is 15.9 Å². The van der Waals surface area contributed by atoms with E-state index in [1.54, 1.807) is 0 Å². The number of alkyl halides is 1. The Hall–Kier alpha value is -4.04. The second-order valence-electron chi connectivity index (χ2n) is 7.95. The van der Waals surface area contributed by atoms with Crippen molar-refractivity contribution in [1.82, 2.24) is 0 Å². The van der Waals surface area contributed by atoms with E-state index in [4.69, 9.17) is 4.74 Å². The number of rotatable bonds is 7. The number of nitro benzene ring substituents is 2. The van der Waals surface area contributed by atoms with Crippen molar-refractivity contribution in [3.05, 3.63) is 67.8 Å². The molecular formula is C23H21BrN4O9. The molecule has 4 amide bonds. The standard InChI is InChI=1S/C12H12N2O5.C11H9BrN2O4/c1-19-7-8-6-9(2-3-10(8)14(17)18)13-11(15)4-5-12(13)16;12-6-7-5-8(1-2-9(7)14(17)18)13-10(15)3-4-11(13)16/h2-3,6H,4-5,7H2,1H3;1-2,5H,3-4,6H2. The molecule has 2 aliphatic rings. The van der Waals surface area contributed by atoms with Crippen LogP contribution >= 0.6 is 15.9 Å². The molecule has 2 heterocycles. The zero-order valence-electron chi connectivity index (χ0n) is 19.5. The highest BCUT2D eigenvalue weighted by atomic mass is 79.9. The van der Waals surface area contributed by atoms with Crippen LogP contribution in [0.15, 0.2) is 36.4 Å². The van der Waals surface area contributed by atoms with Crippen LogP contribution in [0.3, 0.4) is 0 Å². The fourth-order valence-electron chi connectivity index (χ4n) is 3.89. The molecule has 0 saturated carbocycles. The summed E-state index contributed by atoms with van der Waals surface area (Å²) in [6.45, 7) is 0.0420. The number of nitrogens with zero attached hydrogens (tertiary/aromatic N) is 4. The van der Waals surface area contributed by atoms with Crippen molar-refractivity contribution in [3.63, 3.8) is 0 Å². The van der Waals surface area contributed by atoms with Crippen LogP contribution in [-0.4, -0.2) is 40.6 Å². The lowest BCUT2D eigenvalue weighted by atomic mass is 10.1. The summed E-state index contributed by atoms with van der Waals surface area (Å²) >= 11 is 3.16. The summed E-state index contributed by atoms with van der Waals surface area (Å²) in [5, 5.41) is 21.9.